The predicted octanol–water partition coefficient (Wildman–Crippen LogP) is 17.4. The molecule has 0 amide bonds. The van der Waals surface area contributed by atoms with Gasteiger partial charge in [0.05, 0.1) is 0 Å². The van der Waals surface area contributed by atoms with Gasteiger partial charge in [-0.2, -0.15) is 4.57 Å². The van der Waals surface area contributed by atoms with Gasteiger partial charge in [0.1, 0.15) is 17.2 Å². The molecule has 3 aromatic rings. The standard InChI is InChI=1S/C57H93O4P/c1-28-37-34(7)38(29-2)44(53(13,14)15)49(43(37)52(10,11)12)59-62(58,60-50-45(54(16,17)18)39(30-3)35(8)40(31-4)46(50)55(19,20)21)61-51-47(56(22,23)24)41(32-5)36(9)42(33-6)48(51)57(25,26)27/h28-33H2,1-27H3. The van der Waals surface area contributed by atoms with Gasteiger partial charge in [-0.3, -0.25) is 0 Å². The van der Waals surface area contributed by atoms with Crippen molar-refractivity contribution < 1.29 is 18.1 Å². The van der Waals surface area contributed by atoms with E-state index in [4.69, 9.17) is 13.6 Å². The number of hydrogen-bond donors (Lipinski definition) is 0. The van der Waals surface area contributed by atoms with Gasteiger partial charge in [0, 0.05) is 33.4 Å². The molecular weight excluding hydrogens is 780 g/mol. The summed E-state index contributed by atoms with van der Waals surface area (Å²) in [5, 5.41) is 0. The highest BCUT2D eigenvalue weighted by molar-refractivity contribution is 7.49. The minimum Gasteiger partial charge on any atom is -0.385 e. The number of phosphoric acid groups is 1. The highest BCUT2D eigenvalue weighted by Crippen LogP contribution is 2.61. The zero-order chi connectivity index (χ0) is 48.3. The van der Waals surface area contributed by atoms with E-state index in [2.05, 4.69) is 187 Å². The van der Waals surface area contributed by atoms with E-state index in [0.29, 0.717) is 17.2 Å². The summed E-state index contributed by atoms with van der Waals surface area (Å²) in [4.78, 5) is 0. The largest absolute Gasteiger partial charge is 0.647 e. The number of benzene rings is 3. The third-order valence-electron chi connectivity index (χ3n) is 13.1. The van der Waals surface area contributed by atoms with Crippen molar-refractivity contribution in [2.75, 3.05) is 0 Å². The molecule has 0 saturated heterocycles. The van der Waals surface area contributed by atoms with Crippen LogP contribution in [0.5, 0.6) is 17.2 Å². The van der Waals surface area contributed by atoms with Gasteiger partial charge in [-0.1, -0.05) is 166 Å². The van der Waals surface area contributed by atoms with Crippen LogP contribution in [0.3, 0.4) is 0 Å². The summed E-state index contributed by atoms with van der Waals surface area (Å²) < 4.78 is 40.2. The van der Waals surface area contributed by atoms with E-state index in [0.717, 1.165) is 71.9 Å². The summed E-state index contributed by atoms with van der Waals surface area (Å²) in [5.41, 5.74) is 15.7. The molecule has 62 heavy (non-hydrogen) atoms. The van der Waals surface area contributed by atoms with Crippen LogP contribution in [0.15, 0.2) is 0 Å². The van der Waals surface area contributed by atoms with E-state index in [1.807, 2.05) is 0 Å². The molecule has 0 N–H and O–H groups in total. The van der Waals surface area contributed by atoms with Crippen molar-refractivity contribution in [1.82, 2.24) is 0 Å². The van der Waals surface area contributed by atoms with E-state index < -0.39 is 7.82 Å². The van der Waals surface area contributed by atoms with Crippen LogP contribution in [0.2, 0.25) is 0 Å². The first-order valence-electron chi connectivity index (χ1n) is 24.2. The molecule has 0 bridgehead atoms. The molecule has 0 atom stereocenters. The van der Waals surface area contributed by atoms with Crippen molar-refractivity contribution >= 4 is 7.82 Å². The van der Waals surface area contributed by atoms with Gasteiger partial charge in [-0.15, -0.1) is 0 Å². The number of rotatable bonds is 12. The van der Waals surface area contributed by atoms with Gasteiger partial charge in [0.2, 0.25) is 0 Å². The molecule has 0 radical (unpaired) electrons. The summed E-state index contributed by atoms with van der Waals surface area (Å²) in [6, 6.07) is 0. The van der Waals surface area contributed by atoms with Crippen molar-refractivity contribution in [3.8, 4) is 17.2 Å². The lowest BCUT2D eigenvalue weighted by Gasteiger charge is -2.39. The fraction of sp³-hybridized carbons (Fsp3) is 0.684. The quantitative estimate of drug-likeness (QED) is 0.170. The van der Waals surface area contributed by atoms with Crippen molar-refractivity contribution in [2.24, 2.45) is 0 Å². The van der Waals surface area contributed by atoms with E-state index >= 15 is 4.57 Å². The topological polar surface area (TPSA) is 44.8 Å². The Labute approximate surface area is 383 Å². The Morgan fingerprint density at radius 1 is 0.306 bits per heavy atom. The van der Waals surface area contributed by atoms with Crippen molar-refractivity contribution in [1.29, 1.82) is 0 Å². The Hall–Kier alpha value is -2.71. The lowest BCUT2D eigenvalue weighted by atomic mass is 9.72. The molecule has 0 aliphatic rings. The minimum atomic E-state index is -4.69. The van der Waals surface area contributed by atoms with Gasteiger partial charge in [-0.05, 0) is 142 Å². The molecule has 0 fully saturated rings. The van der Waals surface area contributed by atoms with Crippen LogP contribution in [0, 0.1) is 20.8 Å². The maximum Gasteiger partial charge on any atom is 0.647 e. The first-order chi connectivity index (χ1) is 27.9. The Morgan fingerprint density at radius 3 is 0.532 bits per heavy atom. The van der Waals surface area contributed by atoms with Crippen LogP contribution in [-0.4, -0.2) is 0 Å². The van der Waals surface area contributed by atoms with Crippen LogP contribution in [0.4, 0.5) is 0 Å². The van der Waals surface area contributed by atoms with Gasteiger partial charge in [-0.25, -0.2) is 0 Å². The first-order valence-corrected chi connectivity index (χ1v) is 25.7. The Balaban J connectivity index is 2.95. The molecule has 0 spiro atoms. The second-order valence-corrected chi connectivity index (χ2v) is 25.8. The summed E-state index contributed by atoms with van der Waals surface area (Å²) in [5.74, 6) is 1.94. The zero-order valence-electron chi connectivity index (χ0n) is 45.3. The predicted molar refractivity (Wildman–Crippen MR) is 271 cm³/mol. The Bertz CT molecular complexity index is 1800. The van der Waals surface area contributed by atoms with Crippen molar-refractivity contribution in [3.05, 3.63) is 83.5 Å². The smallest absolute Gasteiger partial charge is 0.385 e. The third-order valence-corrected chi connectivity index (χ3v) is 14.3. The average molecular weight is 873 g/mol. The summed E-state index contributed by atoms with van der Waals surface area (Å²) in [6.07, 6.45) is 4.91. The molecule has 0 aliphatic carbocycles. The van der Waals surface area contributed by atoms with Crippen LogP contribution >= 0.6 is 7.82 Å². The highest BCUT2D eigenvalue weighted by Gasteiger charge is 2.46. The number of hydrogen-bond acceptors (Lipinski definition) is 4. The SMILES string of the molecule is CCc1c(C)c(CC)c(C(C)(C)C)c(OP(=O)(Oc2c(C(C)(C)C)c(CC)c(C)c(CC)c2C(C)(C)C)Oc2c(C(C)(C)C)c(CC)c(C)c(CC)c2C(C)(C)C)c1C(C)(C)C. The third kappa shape index (κ3) is 10.4. The van der Waals surface area contributed by atoms with Gasteiger partial charge < -0.3 is 13.6 Å². The normalized spacial score (nSPS) is 13.5. The van der Waals surface area contributed by atoms with Crippen LogP contribution in [-0.2, 0) is 75.6 Å². The van der Waals surface area contributed by atoms with Crippen LogP contribution in [0.1, 0.15) is 250 Å². The minimum absolute atomic E-state index is 0.355. The summed E-state index contributed by atoms with van der Waals surface area (Å²) in [7, 11) is -4.69. The molecule has 0 aromatic heterocycles. The van der Waals surface area contributed by atoms with Crippen LogP contribution in [0.25, 0.3) is 0 Å². The van der Waals surface area contributed by atoms with Crippen molar-refractivity contribution in [2.45, 2.75) is 258 Å². The molecule has 0 aliphatic heterocycles. The number of phosphoric ester groups is 1. The van der Waals surface area contributed by atoms with Gasteiger partial charge in [0.25, 0.3) is 0 Å². The maximum atomic E-state index is 17.4. The van der Waals surface area contributed by atoms with Gasteiger partial charge in [0.15, 0.2) is 0 Å². The Kier molecular flexibility index (Phi) is 15.8. The second-order valence-electron chi connectivity index (χ2n) is 24.3. The zero-order valence-corrected chi connectivity index (χ0v) is 46.2. The van der Waals surface area contributed by atoms with E-state index in [9.17, 15) is 0 Å². The summed E-state index contributed by atoms with van der Waals surface area (Å²) in [6.45, 7) is 60.8. The fourth-order valence-corrected chi connectivity index (χ4v) is 12.3. The lowest BCUT2D eigenvalue weighted by molar-refractivity contribution is 0.281. The fourth-order valence-electron chi connectivity index (χ4n) is 10.9. The highest BCUT2D eigenvalue weighted by atomic mass is 31.2. The molecule has 0 saturated carbocycles. The average Bonchev–Trinajstić information content (AvgIpc) is 3.08. The lowest BCUT2D eigenvalue weighted by Crippen LogP contribution is -2.28. The molecular formula is C57H93O4P. The van der Waals surface area contributed by atoms with Crippen molar-refractivity contribution in [3.63, 3.8) is 0 Å². The first kappa shape index (κ1) is 53.6. The molecule has 5 heteroatoms. The molecule has 3 rings (SSSR count). The van der Waals surface area contributed by atoms with Gasteiger partial charge >= 0.3 is 7.82 Å². The maximum absolute atomic E-state index is 17.4. The second kappa shape index (κ2) is 18.3. The van der Waals surface area contributed by atoms with E-state index in [-0.39, 0.29) is 32.5 Å². The summed E-state index contributed by atoms with van der Waals surface area (Å²) >= 11 is 0. The molecule has 4 nitrogen and oxygen atoms in total. The molecule has 0 unspecified atom stereocenters. The molecule has 350 valence electrons. The molecule has 0 heterocycles. The van der Waals surface area contributed by atoms with Crippen LogP contribution < -0.4 is 13.6 Å². The monoisotopic (exact) mass is 873 g/mol. The van der Waals surface area contributed by atoms with E-state index in [1.165, 1.54) is 50.1 Å². The van der Waals surface area contributed by atoms with E-state index in [1.54, 1.807) is 0 Å². The Morgan fingerprint density at radius 2 is 0.435 bits per heavy atom. The molecule has 3 aromatic carbocycles.